The Labute approximate surface area is 259 Å². The van der Waals surface area contributed by atoms with Gasteiger partial charge in [-0.1, -0.05) is 12.2 Å². The zero-order valence-electron chi connectivity index (χ0n) is 25.2. The van der Waals surface area contributed by atoms with E-state index in [0.29, 0.717) is 77.5 Å². The molecule has 0 unspecified atom stereocenters. The summed E-state index contributed by atoms with van der Waals surface area (Å²) in [6, 6.07) is 9.76. The lowest BCUT2D eigenvalue weighted by molar-refractivity contribution is -0.0401. The molecule has 3 heterocycles. The van der Waals surface area contributed by atoms with Gasteiger partial charge in [-0.15, -0.1) is 0 Å². The average Bonchev–Trinajstić information content (AvgIpc) is 3.53. The number of ether oxygens (including phenoxy) is 2. The number of nitrogens with two attached hydrogens (primary N) is 3. The molecule has 236 valence electrons. The summed E-state index contributed by atoms with van der Waals surface area (Å²) < 4.78 is 14.7. The minimum atomic E-state index is -0.599. The highest BCUT2D eigenvalue weighted by Gasteiger charge is 2.20. The van der Waals surface area contributed by atoms with Crippen molar-refractivity contribution < 1.29 is 23.9 Å². The summed E-state index contributed by atoms with van der Waals surface area (Å²) >= 11 is 0. The van der Waals surface area contributed by atoms with Crippen LogP contribution in [0, 0.1) is 12.8 Å². The SMILES string of the molecule is CCn1nc(C)cc1C(=O)Nc1nc2cc(C(N)=O)ccc2n1C/C=C/CNc1c(N)cc(C(N)=O)cc1OCCC1COC1. The second-order valence-electron chi connectivity index (χ2n) is 10.8. The van der Waals surface area contributed by atoms with E-state index in [4.69, 9.17) is 26.7 Å². The summed E-state index contributed by atoms with van der Waals surface area (Å²) in [5.74, 6) is -0.339. The maximum absolute atomic E-state index is 13.2. The Bertz CT molecular complexity index is 1770. The third kappa shape index (κ3) is 7.07. The van der Waals surface area contributed by atoms with Crippen molar-refractivity contribution in [1.82, 2.24) is 19.3 Å². The van der Waals surface area contributed by atoms with Crippen molar-refractivity contribution in [2.75, 3.05) is 42.7 Å². The monoisotopic (exact) mass is 615 g/mol. The first-order chi connectivity index (χ1) is 21.6. The maximum Gasteiger partial charge on any atom is 0.276 e. The van der Waals surface area contributed by atoms with Crippen molar-refractivity contribution in [2.24, 2.45) is 17.4 Å². The molecule has 4 aromatic rings. The normalized spacial score (nSPS) is 13.2. The number of aryl methyl sites for hydroxylation is 2. The Balaban J connectivity index is 1.33. The Morgan fingerprint density at radius 1 is 1.09 bits per heavy atom. The second kappa shape index (κ2) is 13.5. The van der Waals surface area contributed by atoms with Gasteiger partial charge in [-0.05, 0) is 56.7 Å². The van der Waals surface area contributed by atoms with Crippen LogP contribution in [0.5, 0.6) is 5.75 Å². The highest BCUT2D eigenvalue weighted by molar-refractivity contribution is 6.03. The first-order valence-electron chi connectivity index (χ1n) is 14.6. The number of hydrogen-bond donors (Lipinski definition) is 5. The smallest absolute Gasteiger partial charge is 0.276 e. The van der Waals surface area contributed by atoms with E-state index in [1.807, 2.05) is 30.6 Å². The fraction of sp³-hybridized carbons (Fsp3) is 0.323. The lowest BCUT2D eigenvalue weighted by Crippen LogP contribution is -2.28. The summed E-state index contributed by atoms with van der Waals surface area (Å²) in [7, 11) is 0. The standard InChI is InChI=1S/C31H37N9O5/c1-3-40-25(12-18(2)38-40)30(43)37-31-36-23-14-20(28(33)41)6-7-24(23)39(31)10-5-4-9-35-27-22(32)13-21(29(34)42)15-26(27)45-11-8-19-16-44-17-19/h4-7,12-15,19,35H,3,8-11,16-17,32H2,1-2H3,(H2,33,41)(H2,34,42)(H,36,37,43)/b5-4+. The van der Waals surface area contributed by atoms with Crippen molar-refractivity contribution in [2.45, 2.75) is 33.4 Å². The molecular formula is C31H37N9O5. The number of primary amides is 2. The second-order valence-corrected chi connectivity index (χ2v) is 10.8. The van der Waals surface area contributed by atoms with Gasteiger partial charge >= 0.3 is 0 Å². The van der Waals surface area contributed by atoms with Gasteiger partial charge in [0.2, 0.25) is 17.8 Å². The number of aromatic nitrogens is 4. The number of carbonyl (C=O) groups excluding carboxylic acids is 3. The van der Waals surface area contributed by atoms with Crippen molar-refractivity contribution in [3.63, 3.8) is 0 Å². The van der Waals surface area contributed by atoms with Crippen LogP contribution in [-0.2, 0) is 17.8 Å². The molecule has 0 atom stereocenters. The minimum absolute atomic E-state index is 0.258. The van der Waals surface area contributed by atoms with Gasteiger partial charge in [0.15, 0.2) is 0 Å². The van der Waals surface area contributed by atoms with E-state index in [2.05, 4.69) is 20.7 Å². The molecule has 0 spiro atoms. The molecule has 14 nitrogen and oxygen atoms in total. The zero-order valence-corrected chi connectivity index (χ0v) is 25.2. The molecule has 8 N–H and O–H groups in total. The summed E-state index contributed by atoms with van der Waals surface area (Å²) in [6.07, 6.45) is 4.61. The van der Waals surface area contributed by atoms with E-state index in [9.17, 15) is 14.4 Å². The Morgan fingerprint density at radius 2 is 1.87 bits per heavy atom. The molecule has 0 aliphatic carbocycles. The van der Waals surface area contributed by atoms with Crippen LogP contribution in [0.25, 0.3) is 11.0 Å². The summed E-state index contributed by atoms with van der Waals surface area (Å²) in [6.45, 7) is 6.86. The maximum atomic E-state index is 13.2. The van der Waals surface area contributed by atoms with Crippen molar-refractivity contribution in [3.05, 3.63) is 71.1 Å². The molecule has 0 radical (unpaired) electrons. The van der Waals surface area contributed by atoms with Crippen LogP contribution in [0.3, 0.4) is 0 Å². The quantitative estimate of drug-likeness (QED) is 0.104. The van der Waals surface area contributed by atoms with Crippen LogP contribution >= 0.6 is 0 Å². The number of nitrogens with zero attached hydrogens (tertiary/aromatic N) is 4. The van der Waals surface area contributed by atoms with Gasteiger partial charge in [0.05, 0.1) is 42.2 Å². The lowest BCUT2D eigenvalue weighted by Gasteiger charge is -2.26. The van der Waals surface area contributed by atoms with Gasteiger partial charge in [0, 0.05) is 36.7 Å². The third-order valence-corrected chi connectivity index (χ3v) is 7.45. The van der Waals surface area contributed by atoms with E-state index < -0.39 is 11.8 Å². The highest BCUT2D eigenvalue weighted by Crippen LogP contribution is 2.33. The molecule has 1 aliphatic heterocycles. The fourth-order valence-corrected chi connectivity index (χ4v) is 4.99. The molecule has 1 saturated heterocycles. The largest absolute Gasteiger partial charge is 0.491 e. The van der Waals surface area contributed by atoms with Crippen LogP contribution in [-0.4, -0.2) is 63.4 Å². The summed E-state index contributed by atoms with van der Waals surface area (Å²) in [5.41, 5.74) is 21.0. The number of hydrogen-bond acceptors (Lipinski definition) is 9. The van der Waals surface area contributed by atoms with E-state index in [-0.39, 0.29) is 11.5 Å². The topological polar surface area (TPSA) is 207 Å². The van der Waals surface area contributed by atoms with Crippen molar-refractivity contribution in [3.8, 4) is 5.75 Å². The van der Waals surface area contributed by atoms with Gasteiger partial charge in [-0.25, -0.2) is 4.98 Å². The zero-order chi connectivity index (χ0) is 32.1. The number of benzene rings is 2. The molecule has 0 bridgehead atoms. The number of nitrogen functional groups attached to an aromatic ring is 1. The van der Waals surface area contributed by atoms with E-state index >= 15 is 0 Å². The fourth-order valence-electron chi connectivity index (χ4n) is 4.99. The van der Waals surface area contributed by atoms with Crippen molar-refractivity contribution >= 4 is 46.1 Å². The number of carbonyl (C=O) groups is 3. The molecule has 45 heavy (non-hydrogen) atoms. The number of rotatable bonds is 14. The molecule has 1 fully saturated rings. The molecule has 5 rings (SSSR count). The molecule has 2 aromatic heterocycles. The van der Waals surface area contributed by atoms with Gasteiger partial charge in [0.1, 0.15) is 17.1 Å². The molecule has 3 amide bonds. The van der Waals surface area contributed by atoms with Gasteiger partial charge in [-0.2, -0.15) is 5.10 Å². The predicted molar refractivity (Wildman–Crippen MR) is 170 cm³/mol. The summed E-state index contributed by atoms with van der Waals surface area (Å²) in [5, 5.41) is 10.5. The van der Waals surface area contributed by atoms with Crippen LogP contribution < -0.4 is 32.6 Å². The molecule has 1 aliphatic rings. The van der Waals surface area contributed by atoms with Crippen LogP contribution in [0.1, 0.15) is 50.2 Å². The molecule has 14 heteroatoms. The number of nitrogens with one attached hydrogen (secondary N) is 2. The number of amides is 3. The number of allylic oxidation sites excluding steroid dienone is 1. The van der Waals surface area contributed by atoms with Crippen LogP contribution in [0.4, 0.5) is 17.3 Å². The highest BCUT2D eigenvalue weighted by atomic mass is 16.5. The average molecular weight is 616 g/mol. The van der Waals surface area contributed by atoms with Crippen molar-refractivity contribution in [1.29, 1.82) is 0 Å². The van der Waals surface area contributed by atoms with Gasteiger partial charge in [0.25, 0.3) is 5.91 Å². The summed E-state index contributed by atoms with van der Waals surface area (Å²) in [4.78, 5) is 41.4. The number of anilines is 3. The molecule has 0 saturated carbocycles. The van der Waals surface area contributed by atoms with Gasteiger partial charge < -0.3 is 36.6 Å². The first-order valence-corrected chi connectivity index (χ1v) is 14.6. The third-order valence-electron chi connectivity index (χ3n) is 7.45. The Kier molecular flexibility index (Phi) is 9.33. The predicted octanol–water partition coefficient (Wildman–Crippen LogP) is 2.68. The van der Waals surface area contributed by atoms with E-state index in [0.717, 1.165) is 25.3 Å². The first kappa shape index (κ1) is 31.1. The number of imidazole rings is 1. The lowest BCUT2D eigenvalue weighted by atomic mass is 10.1. The Hall–Kier alpha value is -5.37. The Morgan fingerprint density at radius 3 is 2.56 bits per heavy atom. The van der Waals surface area contributed by atoms with Gasteiger partial charge in [-0.3, -0.25) is 24.4 Å². The van der Waals surface area contributed by atoms with Crippen LogP contribution in [0.15, 0.2) is 48.6 Å². The van der Waals surface area contributed by atoms with E-state index in [1.54, 1.807) is 35.0 Å². The number of fused-ring (bicyclic) bond motifs is 1. The van der Waals surface area contributed by atoms with E-state index in [1.165, 1.54) is 6.07 Å². The van der Waals surface area contributed by atoms with Crippen LogP contribution in [0.2, 0.25) is 0 Å². The molecule has 2 aromatic carbocycles. The molecular weight excluding hydrogens is 578 g/mol. The minimum Gasteiger partial charge on any atom is -0.491 e.